The third-order valence-electron chi connectivity index (χ3n) is 4.76. The molecule has 6 heteroatoms. The first-order valence-electron chi connectivity index (χ1n) is 10.4. The number of aryl methyl sites for hydroxylation is 1. The Balaban J connectivity index is 1.51. The van der Waals surface area contributed by atoms with E-state index in [1.54, 1.807) is 12.4 Å². The maximum absolute atomic E-state index is 12.3. The molecule has 0 aliphatic carbocycles. The zero-order chi connectivity index (χ0) is 22.1. The third kappa shape index (κ3) is 7.33. The van der Waals surface area contributed by atoms with Gasteiger partial charge >= 0.3 is 0 Å². The van der Waals surface area contributed by atoms with E-state index in [1.807, 2.05) is 74.5 Å². The quantitative estimate of drug-likeness (QED) is 0.465. The molecule has 1 heterocycles. The number of hydrogen-bond donors (Lipinski definition) is 1. The van der Waals surface area contributed by atoms with Crippen LogP contribution in [0.4, 0.5) is 5.69 Å². The molecule has 0 amide bonds. The molecule has 2 aromatic carbocycles. The van der Waals surface area contributed by atoms with E-state index in [0.717, 1.165) is 16.7 Å². The van der Waals surface area contributed by atoms with Crippen LogP contribution in [0.2, 0.25) is 0 Å². The summed E-state index contributed by atoms with van der Waals surface area (Å²) in [4.78, 5) is 16.4. The van der Waals surface area contributed by atoms with Crippen molar-refractivity contribution in [1.82, 2.24) is 4.98 Å². The van der Waals surface area contributed by atoms with Crippen molar-refractivity contribution in [2.24, 2.45) is 0 Å². The summed E-state index contributed by atoms with van der Waals surface area (Å²) in [6.45, 7) is 4.19. The fourth-order valence-electron chi connectivity index (χ4n) is 2.96. The monoisotopic (exact) mass is 436 g/mol. The summed E-state index contributed by atoms with van der Waals surface area (Å²) in [6, 6.07) is 19.3. The lowest BCUT2D eigenvalue weighted by Crippen LogP contribution is -2.15. The van der Waals surface area contributed by atoms with Gasteiger partial charge in [-0.15, -0.1) is 0 Å². The van der Waals surface area contributed by atoms with Gasteiger partial charge in [0.1, 0.15) is 29.1 Å². The minimum Gasteiger partial charge on any atom is -0.487 e. The first-order chi connectivity index (χ1) is 15.0. The van der Waals surface area contributed by atoms with Gasteiger partial charge in [-0.05, 0) is 55.2 Å². The van der Waals surface area contributed by atoms with Crippen LogP contribution in [0.1, 0.15) is 37.0 Å². The highest BCUT2D eigenvalue weighted by Crippen LogP contribution is 2.25. The molecule has 0 saturated heterocycles. The van der Waals surface area contributed by atoms with E-state index in [0.29, 0.717) is 37.3 Å². The Hall–Kier alpha value is -2.99. The number of rotatable bonds is 11. The van der Waals surface area contributed by atoms with Crippen LogP contribution >= 0.6 is 0 Å². The smallest absolute Gasteiger partial charge is 0.143 e. The molecule has 31 heavy (non-hydrogen) atoms. The van der Waals surface area contributed by atoms with Crippen LogP contribution in [-0.4, -0.2) is 20.2 Å². The van der Waals surface area contributed by atoms with Gasteiger partial charge in [-0.25, -0.2) is 4.21 Å². The van der Waals surface area contributed by atoms with Gasteiger partial charge in [-0.1, -0.05) is 42.5 Å². The van der Waals surface area contributed by atoms with Crippen molar-refractivity contribution in [3.8, 4) is 5.75 Å². The van der Waals surface area contributed by atoms with Crippen molar-refractivity contribution in [2.75, 3.05) is 4.72 Å². The second kappa shape index (κ2) is 11.4. The lowest BCUT2D eigenvalue weighted by Gasteiger charge is -2.14. The lowest BCUT2D eigenvalue weighted by molar-refractivity contribution is -0.118. The Morgan fingerprint density at radius 3 is 2.45 bits per heavy atom. The van der Waals surface area contributed by atoms with E-state index in [-0.39, 0.29) is 11.0 Å². The number of benzene rings is 2. The zero-order valence-electron chi connectivity index (χ0n) is 17.9. The second-order valence-electron chi connectivity index (χ2n) is 7.63. The number of carbonyl (C=O) groups excluding carboxylic acids is 1. The SMILES string of the molecule is CC(C)S(=O)Nc1ccccc1OCc1ccc(CC(=O)CCc2cccnc2)cc1. The van der Waals surface area contributed by atoms with Crippen LogP contribution in [0.5, 0.6) is 5.75 Å². The number of anilines is 1. The van der Waals surface area contributed by atoms with E-state index in [4.69, 9.17) is 4.74 Å². The van der Waals surface area contributed by atoms with Crippen LogP contribution in [0, 0.1) is 0 Å². The fraction of sp³-hybridized carbons (Fsp3) is 0.280. The van der Waals surface area contributed by atoms with E-state index < -0.39 is 11.0 Å². The maximum Gasteiger partial charge on any atom is 0.143 e. The van der Waals surface area contributed by atoms with Gasteiger partial charge in [0.25, 0.3) is 0 Å². The summed E-state index contributed by atoms with van der Waals surface area (Å²) in [5, 5.41) is 0.00710. The summed E-state index contributed by atoms with van der Waals surface area (Å²) in [7, 11) is -1.17. The van der Waals surface area contributed by atoms with Gasteiger partial charge in [-0.3, -0.25) is 9.78 Å². The summed E-state index contributed by atoms with van der Waals surface area (Å²) in [6.07, 6.45) is 5.19. The largest absolute Gasteiger partial charge is 0.487 e. The Labute approximate surface area is 186 Å². The lowest BCUT2D eigenvalue weighted by atomic mass is 10.0. The Kier molecular flexibility index (Phi) is 8.35. The predicted molar refractivity (Wildman–Crippen MR) is 125 cm³/mol. The molecule has 1 atom stereocenters. The topological polar surface area (TPSA) is 68.3 Å². The maximum atomic E-state index is 12.3. The van der Waals surface area contributed by atoms with Crippen LogP contribution in [0.25, 0.3) is 0 Å². The van der Waals surface area contributed by atoms with Crippen molar-refractivity contribution < 1.29 is 13.7 Å². The normalized spacial score (nSPS) is 11.8. The minimum atomic E-state index is -1.17. The Morgan fingerprint density at radius 1 is 1.00 bits per heavy atom. The number of aromatic nitrogens is 1. The highest BCUT2D eigenvalue weighted by atomic mass is 32.2. The van der Waals surface area contributed by atoms with Crippen molar-refractivity contribution in [3.63, 3.8) is 0 Å². The number of pyridine rings is 1. The molecule has 0 radical (unpaired) electrons. The molecule has 1 aromatic heterocycles. The Morgan fingerprint density at radius 2 is 1.74 bits per heavy atom. The Bertz CT molecular complexity index is 1000. The number of ketones is 1. The number of carbonyl (C=O) groups is 1. The molecule has 1 unspecified atom stereocenters. The standard InChI is InChI=1S/C25H28N2O3S/c1-19(2)31(29)27-24-7-3-4-8-25(24)30-18-22-11-9-20(10-12-22)16-23(28)14-13-21-6-5-15-26-17-21/h3-12,15,17,19,27H,13-14,16,18H2,1-2H3. The molecule has 0 bridgehead atoms. The van der Waals surface area contributed by atoms with Crippen LogP contribution in [0.3, 0.4) is 0 Å². The van der Waals surface area contributed by atoms with Gasteiger partial charge in [0.05, 0.1) is 5.69 Å². The second-order valence-corrected chi connectivity index (χ2v) is 9.37. The van der Waals surface area contributed by atoms with Crippen LogP contribution < -0.4 is 9.46 Å². The van der Waals surface area contributed by atoms with Gasteiger partial charge in [0.15, 0.2) is 0 Å². The highest BCUT2D eigenvalue weighted by Gasteiger charge is 2.10. The van der Waals surface area contributed by atoms with Crippen molar-refractivity contribution in [1.29, 1.82) is 0 Å². The van der Waals surface area contributed by atoms with Gasteiger partial charge < -0.3 is 9.46 Å². The van der Waals surface area contributed by atoms with Crippen molar-refractivity contribution in [2.45, 2.75) is 45.0 Å². The summed E-state index contributed by atoms with van der Waals surface area (Å²) >= 11 is 0. The predicted octanol–water partition coefficient (Wildman–Crippen LogP) is 4.89. The van der Waals surface area contributed by atoms with Crippen LogP contribution in [0.15, 0.2) is 73.1 Å². The van der Waals surface area contributed by atoms with E-state index in [9.17, 15) is 9.00 Å². The summed E-state index contributed by atoms with van der Waals surface area (Å²) in [5.74, 6) is 0.872. The number of nitrogens with one attached hydrogen (secondary N) is 1. The third-order valence-corrected chi connectivity index (χ3v) is 6.04. The van der Waals surface area contributed by atoms with Crippen molar-refractivity contribution >= 4 is 22.5 Å². The average molecular weight is 437 g/mol. The number of para-hydroxylation sites is 2. The molecule has 162 valence electrons. The molecule has 3 rings (SSSR count). The first-order valence-corrected chi connectivity index (χ1v) is 11.6. The summed E-state index contributed by atoms with van der Waals surface area (Å²) in [5.41, 5.74) is 3.79. The molecule has 5 nitrogen and oxygen atoms in total. The summed E-state index contributed by atoms with van der Waals surface area (Å²) < 4.78 is 21.1. The molecule has 0 saturated carbocycles. The molecule has 0 spiro atoms. The first kappa shape index (κ1) is 22.7. The molecule has 3 aromatic rings. The van der Waals surface area contributed by atoms with E-state index in [1.165, 1.54) is 0 Å². The number of nitrogens with zero attached hydrogens (tertiary/aromatic N) is 1. The molecule has 0 aliphatic rings. The fourth-order valence-corrected chi connectivity index (χ4v) is 3.58. The molecule has 0 fully saturated rings. The molecular weight excluding hydrogens is 408 g/mol. The average Bonchev–Trinajstić information content (AvgIpc) is 2.78. The molecule has 1 N–H and O–H groups in total. The number of Topliss-reactive ketones (excluding diaryl/α,β-unsaturated/α-hetero) is 1. The van der Waals surface area contributed by atoms with Gasteiger partial charge in [-0.2, -0.15) is 0 Å². The molecule has 0 aliphatic heterocycles. The zero-order valence-corrected chi connectivity index (χ0v) is 18.7. The minimum absolute atomic E-state index is 0.00710. The molecular formula is C25H28N2O3S. The van der Waals surface area contributed by atoms with Crippen molar-refractivity contribution in [3.05, 3.63) is 89.7 Å². The van der Waals surface area contributed by atoms with Gasteiger partial charge in [0.2, 0.25) is 0 Å². The van der Waals surface area contributed by atoms with E-state index in [2.05, 4.69) is 9.71 Å². The number of hydrogen-bond acceptors (Lipinski definition) is 4. The van der Waals surface area contributed by atoms with E-state index >= 15 is 0 Å². The van der Waals surface area contributed by atoms with Crippen LogP contribution in [-0.2, 0) is 35.2 Å². The van der Waals surface area contributed by atoms with Gasteiger partial charge in [0, 0.05) is 30.5 Å². The number of ether oxygens (including phenoxy) is 1. The highest BCUT2D eigenvalue weighted by molar-refractivity contribution is 7.86.